The summed E-state index contributed by atoms with van der Waals surface area (Å²) in [7, 11) is -1.46. The van der Waals surface area contributed by atoms with Crippen molar-refractivity contribution in [3.05, 3.63) is 0 Å². The van der Waals surface area contributed by atoms with E-state index in [9.17, 15) is 9.36 Å². The molecule has 10 heteroatoms. The maximum Gasteiger partial charge on any atom is 0.327 e. The van der Waals surface area contributed by atoms with E-state index in [4.69, 9.17) is 18.9 Å². The zero-order chi connectivity index (χ0) is 19.7. The van der Waals surface area contributed by atoms with Gasteiger partial charge in [-0.2, -0.15) is 17.2 Å². The molecule has 0 spiro atoms. The lowest BCUT2D eigenvalue weighted by Gasteiger charge is -2.10. The number of carbonyl (C=O) groups excluding carboxylic acids is 1. The third-order valence-electron chi connectivity index (χ3n) is 3.64. The summed E-state index contributed by atoms with van der Waals surface area (Å²) in [5.74, 6) is 0.0383. The van der Waals surface area contributed by atoms with Gasteiger partial charge in [-0.05, 0) is 25.5 Å². The van der Waals surface area contributed by atoms with Gasteiger partial charge in [-0.25, -0.2) is 4.89 Å². The second-order valence-electron chi connectivity index (χ2n) is 5.94. The highest BCUT2D eigenvalue weighted by atomic mass is 32.2. The molecule has 0 aliphatic rings. The van der Waals surface area contributed by atoms with Crippen molar-refractivity contribution in [3.8, 4) is 0 Å². The predicted octanol–water partition coefficient (Wildman–Crippen LogP) is 3.13. The fourth-order valence-corrected chi connectivity index (χ4v) is 2.75. The minimum absolute atomic E-state index is 0.0383. The lowest BCUT2D eigenvalue weighted by atomic mass is 10.2. The first-order valence-corrected chi connectivity index (χ1v) is 12.3. The van der Waals surface area contributed by atoms with Gasteiger partial charge in [0.15, 0.2) is 0 Å². The number of thioether (sulfide) groups is 1. The lowest BCUT2D eigenvalue weighted by Crippen LogP contribution is -2.28. The fraction of sp³-hybridized carbons (Fsp3) is 0.938. The largest absolute Gasteiger partial charge is 0.354 e. The number of hydroxylamine groups is 1. The monoisotopic (exact) mass is 414 g/mol. The highest BCUT2D eigenvalue weighted by Crippen LogP contribution is 2.42. The third kappa shape index (κ3) is 17.3. The maximum atomic E-state index is 11.6. The summed E-state index contributed by atoms with van der Waals surface area (Å²) in [5, 5.41) is 3.28. The predicted molar refractivity (Wildman–Crippen MR) is 105 cm³/mol. The van der Waals surface area contributed by atoms with Crippen LogP contribution < -0.4 is 10.8 Å². The average molecular weight is 415 g/mol. The van der Waals surface area contributed by atoms with E-state index in [1.54, 1.807) is 11.8 Å². The van der Waals surface area contributed by atoms with E-state index >= 15 is 0 Å². The van der Waals surface area contributed by atoms with Gasteiger partial charge in [0.05, 0.1) is 6.61 Å². The molecule has 0 fully saturated rings. The number of carbonyl (C=O) groups is 1. The van der Waals surface area contributed by atoms with Crippen LogP contribution in [-0.2, 0) is 28.3 Å². The summed E-state index contributed by atoms with van der Waals surface area (Å²) in [6.07, 6.45) is 7.21. The second kappa shape index (κ2) is 17.0. The molecule has 0 bridgehead atoms. The molecule has 0 aromatic carbocycles. The quantitative estimate of drug-likeness (QED) is 0.153. The van der Waals surface area contributed by atoms with Gasteiger partial charge in [-0.15, -0.1) is 4.99 Å². The van der Waals surface area contributed by atoms with Gasteiger partial charge in [-0.1, -0.05) is 19.8 Å². The summed E-state index contributed by atoms with van der Waals surface area (Å²) >= 11 is 1.76. The SMILES string of the molecule is COP(C)(=O)OCCCCCCNOOCCNC(=O)CCC(C)SC. The van der Waals surface area contributed by atoms with Gasteiger partial charge in [0.2, 0.25) is 5.91 Å². The van der Waals surface area contributed by atoms with Crippen molar-refractivity contribution in [3.63, 3.8) is 0 Å². The van der Waals surface area contributed by atoms with E-state index in [0.717, 1.165) is 32.1 Å². The molecule has 2 unspecified atom stereocenters. The average Bonchev–Trinajstić information content (AvgIpc) is 2.63. The van der Waals surface area contributed by atoms with Crippen LogP contribution in [0.2, 0.25) is 0 Å². The molecule has 0 saturated heterocycles. The normalized spacial score (nSPS) is 14.8. The standard InChI is InChI=1S/C16H35N2O6PS/c1-15(26-4)9-10-16(19)17-12-14-22-24-18-11-7-5-6-8-13-23-25(3,20)21-2/h15,18H,5-14H2,1-4H3,(H,17,19). The molecular weight excluding hydrogens is 379 g/mol. The van der Waals surface area contributed by atoms with Crippen LogP contribution in [0.25, 0.3) is 0 Å². The topological polar surface area (TPSA) is 95.1 Å². The van der Waals surface area contributed by atoms with Gasteiger partial charge in [0, 0.05) is 38.5 Å². The molecule has 0 saturated carbocycles. The van der Waals surface area contributed by atoms with Crippen molar-refractivity contribution < 1.29 is 28.3 Å². The molecule has 2 atom stereocenters. The molecule has 0 aliphatic heterocycles. The molecule has 0 radical (unpaired) electrons. The van der Waals surface area contributed by atoms with E-state index in [-0.39, 0.29) is 5.91 Å². The van der Waals surface area contributed by atoms with E-state index in [0.29, 0.717) is 38.0 Å². The number of amides is 1. The number of hydrogen-bond acceptors (Lipinski definition) is 8. The Kier molecular flexibility index (Phi) is 16.9. The molecule has 8 nitrogen and oxygen atoms in total. The van der Waals surface area contributed by atoms with Crippen LogP contribution in [0.3, 0.4) is 0 Å². The lowest BCUT2D eigenvalue weighted by molar-refractivity contribution is -0.334. The first kappa shape index (κ1) is 25.9. The number of unbranched alkanes of at least 4 members (excludes halogenated alkanes) is 3. The van der Waals surface area contributed by atoms with Crippen LogP contribution in [0.15, 0.2) is 0 Å². The first-order chi connectivity index (χ1) is 12.4. The van der Waals surface area contributed by atoms with Crippen molar-refractivity contribution in [2.45, 2.75) is 50.7 Å². The van der Waals surface area contributed by atoms with Gasteiger partial charge in [0.25, 0.3) is 0 Å². The summed E-state index contributed by atoms with van der Waals surface area (Å²) in [4.78, 5) is 21.3. The zero-order valence-electron chi connectivity index (χ0n) is 16.5. The van der Waals surface area contributed by atoms with Gasteiger partial charge >= 0.3 is 7.60 Å². The van der Waals surface area contributed by atoms with Crippen molar-refractivity contribution >= 4 is 25.3 Å². The molecular formula is C16H35N2O6PS. The van der Waals surface area contributed by atoms with Crippen molar-refractivity contribution in [2.75, 3.05) is 46.3 Å². The molecule has 0 aromatic heterocycles. The van der Waals surface area contributed by atoms with E-state index in [2.05, 4.69) is 17.7 Å². The Bertz CT molecular complexity index is 403. The smallest absolute Gasteiger partial charge is 0.327 e. The Labute approximate surface area is 161 Å². The molecule has 0 rings (SSSR count). The minimum atomic E-state index is -2.85. The van der Waals surface area contributed by atoms with Crippen molar-refractivity contribution in [2.24, 2.45) is 0 Å². The molecule has 0 heterocycles. The summed E-state index contributed by atoms with van der Waals surface area (Å²) in [6, 6.07) is 0. The minimum Gasteiger partial charge on any atom is -0.354 e. The third-order valence-corrected chi connectivity index (χ3v) is 5.99. The highest BCUT2D eigenvalue weighted by Gasteiger charge is 2.12. The van der Waals surface area contributed by atoms with Crippen LogP contribution in [-0.4, -0.2) is 57.5 Å². The molecule has 26 heavy (non-hydrogen) atoms. The number of nitrogens with one attached hydrogen (secondary N) is 2. The van der Waals surface area contributed by atoms with Gasteiger partial charge in [-0.3, -0.25) is 9.36 Å². The Morgan fingerprint density at radius 1 is 1.15 bits per heavy atom. The van der Waals surface area contributed by atoms with Crippen LogP contribution in [0, 0.1) is 0 Å². The summed E-state index contributed by atoms with van der Waals surface area (Å²) in [5.41, 5.74) is 2.71. The van der Waals surface area contributed by atoms with Crippen molar-refractivity contribution in [1.82, 2.24) is 10.8 Å². The number of rotatable bonds is 18. The van der Waals surface area contributed by atoms with Crippen molar-refractivity contribution in [1.29, 1.82) is 0 Å². The Balaban J connectivity index is 3.24. The highest BCUT2D eigenvalue weighted by molar-refractivity contribution is 7.99. The zero-order valence-corrected chi connectivity index (χ0v) is 18.2. The summed E-state index contributed by atoms with van der Waals surface area (Å²) < 4.78 is 21.4. The fourth-order valence-electron chi connectivity index (χ4n) is 1.83. The van der Waals surface area contributed by atoms with Crippen LogP contribution in [0.5, 0.6) is 0 Å². The molecule has 2 N–H and O–H groups in total. The maximum absolute atomic E-state index is 11.6. The van der Waals surface area contributed by atoms with Gasteiger partial charge in [0.1, 0.15) is 6.61 Å². The van der Waals surface area contributed by atoms with E-state index in [1.165, 1.54) is 13.8 Å². The molecule has 0 aliphatic carbocycles. The molecule has 1 amide bonds. The van der Waals surface area contributed by atoms with Crippen LogP contribution in [0.1, 0.15) is 45.4 Å². The van der Waals surface area contributed by atoms with Crippen LogP contribution >= 0.6 is 19.4 Å². The molecule has 0 aromatic rings. The van der Waals surface area contributed by atoms with E-state index < -0.39 is 7.60 Å². The van der Waals surface area contributed by atoms with Crippen LogP contribution in [0.4, 0.5) is 0 Å². The second-order valence-corrected chi connectivity index (χ2v) is 9.38. The Morgan fingerprint density at radius 2 is 1.88 bits per heavy atom. The Morgan fingerprint density at radius 3 is 2.58 bits per heavy atom. The molecule has 156 valence electrons. The Hall–Kier alpha value is -0.150. The van der Waals surface area contributed by atoms with E-state index in [1.807, 2.05) is 6.26 Å². The first-order valence-electron chi connectivity index (χ1n) is 9.00. The number of hydrogen-bond donors (Lipinski definition) is 2. The summed E-state index contributed by atoms with van der Waals surface area (Å²) in [6.45, 7) is 5.41. The van der Waals surface area contributed by atoms with Gasteiger partial charge < -0.3 is 14.4 Å².